The lowest BCUT2D eigenvalue weighted by atomic mass is 10.3. The minimum absolute atomic E-state index is 0.131. The number of esters is 1. The number of methoxy groups -OCH3 is 1. The molecule has 1 N–H and O–H groups in total. The fraction of sp³-hybridized carbons (Fsp3) is 0.429. The smallest absolute Gasteiger partial charge is 0.319 e. The molecule has 0 spiro atoms. The van der Waals surface area contributed by atoms with Crippen LogP contribution in [-0.2, 0) is 14.3 Å². The van der Waals surface area contributed by atoms with E-state index in [1.165, 1.54) is 7.11 Å². The van der Waals surface area contributed by atoms with Gasteiger partial charge in [0.15, 0.2) is 0 Å². The van der Waals surface area contributed by atoms with E-state index >= 15 is 0 Å². The molecule has 5 heteroatoms. The highest BCUT2D eigenvalue weighted by Crippen LogP contribution is 2.05. The van der Waals surface area contributed by atoms with Crippen LogP contribution in [0.4, 0.5) is 5.69 Å². The van der Waals surface area contributed by atoms with Crippen molar-refractivity contribution in [2.75, 3.05) is 32.1 Å². The first-order valence-electron chi connectivity index (χ1n) is 6.29. The Balaban J connectivity index is 2.49. The van der Waals surface area contributed by atoms with Crippen LogP contribution in [0.1, 0.15) is 13.3 Å². The molecule has 0 radical (unpaired) electrons. The van der Waals surface area contributed by atoms with Gasteiger partial charge in [0.1, 0.15) is 0 Å². The van der Waals surface area contributed by atoms with Crippen LogP contribution >= 0.6 is 0 Å². The van der Waals surface area contributed by atoms with E-state index in [0.717, 1.165) is 12.1 Å². The summed E-state index contributed by atoms with van der Waals surface area (Å²) in [6.07, 6.45) is 0.871. The van der Waals surface area contributed by atoms with Crippen molar-refractivity contribution in [2.45, 2.75) is 13.3 Å². The van der Waals surface area contributed by atoms with Gasteiger partial charge >= 0.3 is 5.97 Å². The topological polar surface area (TPSA) is 58.6 Å². The maximum Gasteiger partial charge on any atom is 0.319 e. The van der Waals surface area contributed by atoms with Crippen LogP contribution < -0.4 is 5.32 Å². The SMILES string of the molecule is CCCN(CC(=O)Nc1ccccc1)CC(=O)OC. The van der Waals surface area contributed by atoms with Gasteiger partial charge in [0.05, 0.1) is 20.2 Å². The zero-order valence-electron chi connectivity index (χ0n) is 11.4. The van der Waals surface area contributed by atoms with Crippen molar-refractivity contribution in [2.24, 2.45) is 0 Å². The van der Waals surface area contributed by atoms with Crippen LogP contribution in [0, 0.1) is 0 Å². The normalized spacial score (nSPS) is 10.3. The lowest BCUT2D eigenvalue weighted by molar-refractivity contribution is -0.142. The van der Waals surface area contributed by atoms with Crippen LogP contribution in [0.15, 0.2) is 30.3 Å². The van der Waals surface area contributed by atoms with Crippen molar-refractivity contribution in [3.8, 4) is 0 Å². The summed E-state index contributed by atoms with van der Waals surface area (Å²) < 4.78 is 4.61. The quantitative estimate of drug-likeness (QED) is 0.758. The van der Waals surface area contributed by atoms with E-state index in [9.17, 15) is 9.59 Å². The number of anilines is 1. The van der Waals surface area contributed by atoms with Gasteiger partial charge in [-0.25, -0.2) is 0 Å². The summed E-state index contributed by atoms with van der Waals surface area (Å²) in [6.45, 7) is 2.99. The third kappa shape index (κ3) is 6.01. The van der Waals surface area contributed by atoms with Crippen molar-refractivity contribution < 1.29 is 14.3 Å². The van der Waals surface area contributed by atoms with E-state index < -0.39 is 0 Å². The van der Waals surface area contributed by atoms with Crippen LogP contribution in [-0.4, -0.2) is 43.5 Å². The Morgan fingerprint density at radius 3 is 2.47 bits per heavy atom. The van der Waals surface area contributed by atoms with Gasteiger partial charge in [0, 0.05) is 5.69 Å². The average Bonchev–Trinajstić information content (AvgIpc) is 2.39. The summed E-state index contributed by atoms with van der Waals surface area (Å²) in [4.78, 5) is 24.9. The molecule has 0 aliphatic carbocycles. The molecule has 104 valence electrons. The number of carbonyl (C=O) groups is 2. The summed E-state index contributed by atoms with van der Waals surface area (Å²) in [5.74, 6) is -0.468. The van der Waals surface area contributed by atoms with Gasteiger partial charge in [-0.05, 0) is 25.1 Å². The Bertz CT molecular complexity index is 406. The molecule has 19 heavy (non-hydrogen) atoms. The predicted octanol–water partition coefficient (Wildman–Crippen LogP) is 1.51. The lowest BCUT2D eigenvalue weighted by Gasteiger charge is -2.19. The minimum Gasteiger partial charge on any atom is -0.468 e. The third-order valence-corrected chi connectivity index (χ3v) is 2.54. The Hall–Kier alpha value is -1.88. The molecule has 1 aromatic carbocycles. The molecule has 0 saturated heterocycles. The molecule has 0 fully saturated rings. The summed E-state index contributed by atoms with van der Waals surface area (Å²) in [5.41, 5.74) is 0.752. The highest BCUT2D eigenvalue weighted by atomic mass is 16.5. The molecular formula is C14H20N2O3. The molecule has 0 atom stereocenters. The van der Waals surface area contributed by atoms with E-state index in [1.807, 2.05) is 37.3 Å². The predicted molar refractivity (Wildman–Crippen MR) is 73.8 cm³/mol. The number of rotatable bonds is 7. The Morgan fingerprint density at radius 2 is 1.89 bits per heavy atom. The number of ether oxygens (including phenoxy) is 1. The van der Waals surface area contributed by atoms with Crippen molar-refractivity contribution in [1.29, 1.82) is 0 Å². The number of hydrogen-bond acceptors (Lipinski definition) is 4. The highest BCUT2D eigenvalue weighted by molar-refractivity contribution is 5.92. The summed E-state index contributed by atoms with van der Waals surface area (Å²) in [7, 11) is 1.34. The molecule has 0 aromatic heterocycles. The minimum atomic E-state index is -0.332. The summed E-state index contributed by atoms with van der Waals surface area (Å²) >= 11 is 0. The maximum atomic E-state index is 11.9. The van der Waals surface area contributed by atoms with Crippen LogP contribution in [0.3, 0.4) is 0 Å². The standard InChI is InChI=1S/C14H20N2O3/c1-3-9-16(11-14(18)19-2)10-13(17)15-12-7-5-4-6-8-12/h4-8H,3,9-11H2,1-2H3,(H,15,17). The first-order valence-corrected chi connectivity index (χ1v) is 6.29. The highest BCUT2D eigenvalue weighted by Gasteiger charge is 2.14. The number of carbonyl (C=O) groups excluding carboxylic acids is 2. The number of nitrogens with zero attached hydrogens (tertiary/aromatic N) is 1. The molecule has 0 unspecified atom stereocenters. The molecule has 1 aromatic rings. The van der Waals surface area contributed by atoms with E-state index in [1.54, 1.807) is 4.90 Å². The van der Waals surface area contributed by atoms with E-state index in [2.05, 4.69) is 10.1 Å². The molecular weight excluding hydrogens is 244 g/mol. The molecule has 5 nitrogen and oxygen atoms in total. The number of nitrogens with one attached hydrogen (secondary N) is 1. The molecule has 0 bridgehead atoms. The molecule has 0 aliphatic heterocycles. The van der Waals surface area contributed by atoms with Gasteiger partial charge in [-0.15, -0.1) is 0 Å². The fourth-order valence-electron chi connectivity index (χ4n) is 1.70. The lowest BCUT2D eigenvalue weighted by Crippen LogP contribution is -2.37. The van der Waals surface area contributed by atoms with Gasteiger partial charge in [0.2, 0.25) is 5.91 Å². The zero-order valence-corrected chi connectivity index (χ0v) is 11.4. The first-order chi connectivity index (χ1) is 9.15. The van der Waals surface area contributed by atoms with Gasteiger partial charge in [0.25, 0.3) is 0 Å². The number of hydrogen-bond donors (Lipinski definition) is 1. The average molecular weight is 264 g/mol. The second kappa shape index (κ2) is 8.26. The van der Waals surface area contributed by atoms with Crippen LogP contribution in [0.25, 0.3) is 0 Å². The molecule has 0 aliphatic rings. The Kier molecular flexibility index (Phi) is 6.60. The van der Waals surface area contributed by atoms with Gasteiger partial charge in [-0.2, -0.15) is 0 Å². The van der Waals surface area contributed by atoms with E-state index in [0.29, 0.717) is 6.54 Å². The maximum absolute atomic E-state index is 11.9. The van der Waals surface area contributed by atoms with Crippen molar-refractivity contribution in [3.63, 3.8) is 0 Å². The molecule has 1 amide bonds. The van der Waals surface area contributed by atoms with Crippen LogP contribution in [0.2, 0.25) is 0 Å². The molecule has 0 saturated carbocycles. The number of amides is 1. The van der Waals surface area contributed by atoms with Gasteiger partial charge < -0.3 is 10.1 Å². The van der Waals surface area contributed by atoms with Crippen LogP contribution in [0.5, 0.6) is 0 Å². The largest absolute Gasteiger partial charge is 0.468 e. The summed E-state index contributed by atoms with van der Waals surface area (Å²) in [6, 6.07) is 9.24. The van der Waals surface area contributed by atoms with Crippen molar-refractivity contribution in [1.82, 2.24) is 4.90 Å². The van der Waals surface area contributed by atoms with Gasteiger partial charge in [-0.1, -0.05) is 25.1 Å². The Labute approximate surface area is 113 Å². The zero-order chi connectivity index (χ0) is 14.1. The van der Waals surface area contributed by atoms with E-state index in [4.69, 9.17) is 0 Å². The number of benzene rings is 1. The second-order valence-corrected chi connectivity index (χ2v) is 4.20. The monoisotopic (exact) mass is 264 g/mol. The van der Waals surface area contributed by atoms with Gasteiger partial charge in [-0.3, -0.25) is 14.5 Å². The molecule has 1 rings (SSSR count). The third-order valence-electron chi connectivity index (χ3n) is 2.54. The summed E-state index contributed by atoms with van der Waals surface area (Å²) in [5, 5.41) is 2.79. The first kappa shape index (κ1) is 15.2. The van der Waals surface area contributed by atoms with Crippen molar-refractivity contribution >= 4 is 17.6 Å². The van der Waals surface area contributed by atoms with Crippen molar-refractivity contribution in [3.05, 3.63) is 30.3 Å². The second-order valence-electron chi connectivity index (χ2n) is 4.20. The van der Waals surface area contributed by atoms with E-state index in [-0.39, 0.29) is 25.0 Å². The number of para-hydroxylation sites is 1. The molecule has 0 heterocycles. The fourth-order valence-corrected chi connectivity index (χ4v) is 1.70. The Morgan fingerprint density at radius 1 is 1.21 bits per heavy atom.